The first-order chi connectivity index (χ1) is 7.89. The number of aromatic nitrogens is 2. The second-order valence-corrected chi connectivity index (χ2v) is 4.73. The Kier molecular flexibility index (Phi) is 4.54. The third-order valence-corrected chi connectivity index (χ3v) is 2.97. The summed E-state index contributed by atoms with van der Waals surface area (Å²) in [5.41, 5.74) is -0.326. The van der Waals surface area contributed by atoms with E-state index in [4.69, 9.17) is 11.6 Å². The van der Waals surface area contributed by atoms with Crippen LogP contribution in [0.2, 0.25) is 5.02 Å². The average Bonchev–Trinajstić information content (AvgIpc) is 2.54. The van der Waals surface area contributed by atoms with Crippen LogP contribution in [0.5, 0.6) is 0 Å². The summed E-state index contributed by atoms with van der Waals surface area (Å²) < 4.78 is 1.56. The molecule has 1 unspecified atom stereocenters. The molecule has 0 radical (unpaired) electrons. The van der Waals surface area contributed by atoms with Crippen molar-refractivity contribution in [2.45, 2.75) is 39.3 Å². The minimum atomic E-state index is -1.03. The smallest absolute Gasteiger partial charge is 0.325 e. The van der Waals surface area contributed by atoms with Gasteiger partial charge >= 0.3 is 5.97 Å². The zero-order chi connectivity index (χ0) is 13.1. The van der Waals surface area contributed by atoms with E-state index in [-0.39, 0.29) is 6.54 Å². The van der Waals surface area contributed by atoms with E-state index < -0.39 is 11.5 Å². The van der Waals surface area contributed by atoms with Crippen molar-refractivity contribution in [2.24, 2.45) is 0 Å². The monoisotopic (exact) mass is 259 g/mol. The molecule has 1 rings (SSSR count). The van der Waals surface area contributed by atoms with Crippen LogP contribution in [-0.2, 0) is 11.3 Å². The Balaban J connectivity index is 2.82. The molecule has 6 heteroatoms. The second kappa shape index (κ2) is 5.51. The van der Waals surface area contributed by atoms with E-state index in [1.54, 1.807) is 24.7 Å². The first kappa shape index (κ1) is 14.0. The molecule has 0 spiro atoms. The van der Waals surface area contributed by atoms with E-state index in [0.717, 1.165) is 6.42 Å². The Hall–Kier alpha value is -1.07. The first-order valence-electron chi connectivity index (χ1n) is 5.57. The molecular formula is C11H18ClN3O2. The molecule has 0 saturated heterocycles. The number of aryl methyl sites for hydroxylation is 1. The number of halogens is 1. The van der Waals surface area contributed by atoms with Crippen LogP contribution in [0.25, 0.3) is 0 Å². The molecule has 0 aliphatic rings. The topological polar surface area (TPSA) is 67.2 Å². The number of rotatable bonds is 6. The van der Waals surface area contributed by atoms with E-state index in [1.165, 1.54) is 0 Å². The van der Waals surface area contributed by atoms with Crippen molar-refractivity contribution in [3.8, 4) is 0 Å². The summed E-state index contributed by atoms with van der Waals surface area (Å²) >= 11 is 5.89. The molecule has 0 aliphatic heterocycles. The molecule has 17 heavy (non-hydrogen) atoms. The number of aliphatic carboxylic acids is 1. The van der Waals surface area contributed by atoms with E-state index in [9.17, 15) is 9.90 Å². The SMILES string of the molecule is CCCNC(C)(Cn1cc(Cl)c(C)n1)C(=O)O. The number of carbonyl (C=O) groups is 1. The molecule has 0 aromatic carbocycles. The van der Waals surface area contributed by atoms with Gasteiger partial charge in [-0.25, -0.2) is 0 Å². The van der Waals surface area contributed by atoms with E-state index in [2.05, 4.69) is 10.4 Å². The minimum Gasteiger partial charge on any atom is -0.480 e. The van der Waals surface area contributed by atoms with Crippen molar-refractivity contribution in [1.29, 1.82) is 0 Å². The summed E-state index contributed by atoms with van der Waals surface area (Å²) in [6.45, 7) is 6.32. The summed E-state index contributed by atoms with van der Waals surface area (Å²) in [6, 6.07) is 0. The predicted octanol–water partition coefficient (Wildman–Crippen LogP) is 1.69. The zero-order valence-corrected chi connectivity index (χ0v) is 11.1. The zero-order valence-electron chi connectivity index (χ0n) is 10.3. The normalized spacial score (nSPS) is 14.6. The van der Waals surface area contributed by atoms with Crippen LogP contribution >= 0.6 is 11.6 Å². The number of carboxylic acids is 1. The van der Waals surface area contributed by atoms with Crippen molar-refractivity contribution < 1.29 is 9.90 Å². The van der Waals surface area contributed by atoms with Gasteiger partial charge in [0, 0.05) is 6.20 Å². The maximum Gasteiger partial charge on any atom is 0.325 e. The standard InChI is InChI=1S/C11H18ClN3O2/c1-4-5-13-11(3,10(16)17)7-15-6-9(12)8(2)14-15/h6,13H,4-5,7H2,1-3H3,(H,16,17). The highest BCUT2D eigenvalue weighted by Crippen LogP contribution is 2.15. The molecule has 0 fully saturated rings. The van der Waals surface area contributed by atoms with E-state index >= 15 is 0 Å². The third kappa shape index (κ3) is 3.44. The molecule has 1 aromatic heterocycles. The summed E-state index contributed by atoms with van der Waals surface area (Å²) in [7, 11) is 0. The lowest BCUT2D eigenvalue weighted by molar-refractivity contribution is -0.144. The molecule has 1 heterocycles. The lowest BCUT2D eigenvalue weighted by Crippen LogP contribution is -2.53. The van der Waals surface area contributed by atoms with Gasteiger partial charge in [0.15, 0.2) is 0 Å². The average molecular weight is 260 g/mol. The molecule has 0 bridgehead atoms. The third-order valence-electron chi connectivity index (χ3n) is 2.60. The van der Waals surface area contributed by atoms with Crippen LogP contribution in [0.15, 0.2) is 6.20 Å². The fourth-order valence-corrected chi connectivity index (χ4v) is 1.65. The maximum absolute atomic E-state index is 11.3. The Labute approximate surface area is 106 Å². The van der Waals surface area contributed by atoms with Gasteiger partial charge in [0.1, 0.15) is 5.54 Å². The fourth-order valence-electron chi connectivity index (χ4n) is 1.50. The van der Waals surface area contributed by atoms with Gasteiger partial charge < -0.3 is 10.4 Å². The summed E-state index contributed by atoms with van der Waals surface area (Å²) in [5.74, 6) is -0.893. The van der Waals surface area contributed by atoms with Crippen LogP contribution < -0.4 is 5.32 Å². The molecule has 5 nitrogen and oxygen atoms in total. The quantitative estimate of drug-likeness (QED) is 0.816. The van der Waals surface area contributed by atoms with Crippen molar-refractivity contribution >= 4 is 17.6 Å². The highest BCUT2D eigenvalue weighted by Gasteiger charge is 2.33. The molecule has 1 aromatic rings. The van der Waals surface area contributed by atoms with Crippen LogP contribution in [0.4, 0.5) is 0 Å². The fraction of sp³-hybridized carbons (Fsp3) is 0.636. The summed E-state index contributed by atoms with van der Waals surface area (Å²) in [6.07, 6.45) is 2.52. The Morgan fingerprint density at radius 2 is 2.35 bits per heavy atom. The van der Waals surface area contributed by atoms with E-state index in [1.807, 2.05) is 6.92 Å². The number of hydrogen-bond acceptors (Lipinski definition) is 3. The van der Waals surface area contributed by atoms with Gasteiger partial charge in [0.2, 0.25) is 0 Å². The number of nitrogens with zero attached hydrogens (tertiary/aromatic N) is 2. The van der Waals surface area contributed by atoms with E-state index in [0.29, 0.717) is 17.3 Å². The van der Waals surface area contributed by atoms with Crippen LogP contribution in [0.1, 0.15) is 26.0 Å². The summed E-state index contributed by atoms with van der Waals surface area (Å²) in [4.78, 5) is 11.3. The minimum absolute atomic E-state index is 0.246. The predicted molar refractivity (Wildman–Crippen MR) is 66.3 cm³/mol. The molecule has 96 valence electrons. The highest BCUT2D eigenvalue weighted by atomic mass is 35.5. The lowest BCUT2D eigenvalue weighted by Gasteiger charge is -2.26. The van der Waals surface area contributed by atoms with Gasteiger partial charge in [0.05, 0.1) is 17.3 Å². The van der Waals surface area contributed by atoms with Crippen molar-refractivity contribution in [2.75, 3.05) is 6.54 Å². The Bertz CT molecular complexity index is 386. The number of nitrogens with one attached hydrogen (secondary N) is 1. The van der Waals surface area contributed by atoms with Crippen LogP contribution in [0.3, 0.4) is 0 Å². The van der Waals surface area contributed by atoms with Gasteiger partial charge in [-0.15, -0.1) is 0 Å². The van der Waals surface area contributed by atoms with Crippen molar-refractivity contribution in [3.05, 3.63) is 16.9 Å². The molecule has 0 aliphatic carbocycles. The number of hydrogen-bond donors (Lipinski definition) is 2. The first-order valence-corrected chi connectivity index (χ1v) is 5.95. The van der Waals surface area contributed by atoms with Gasteiger partial charge in [-0.2, -0.15) is 5.10 Å². The molecule has 2 N–H and O–H groups in total. The summed E-state index contributed by atoms with van der Waals surface area (Å²) in [5, 5.41) is 17.0. The van der Waals surface area contributed by atoms with Gasteiger partial charge in [-0.3, -0.25) is 9.48 Å². The molecule has 1 atom stereocenters. The highest BCUT2D eigenvalue weighted by molar-refractivity contribution is 6.31. The largest absolute Gasteiger partial charge is 0.480 e. The van der Waals surface area contributed by atoms with Crippen molar-refractivity contribution in [1.82, 2.24) is 15.1 Å². The molecular weight excluding hydrogens is 242 g/mol. The van der Waals surface area contributed by atoms with Crippen LogP contribution in [0, 0.1) is 6.92 Å². The van der Waals surface area contributed by atoms with Crippen LogP contribution in [-0.4, -0.2) is 32.9 Å². The Morgan fingerprint density at radius 1 is 1.71 bits per heavy atom. The maximum atomic E-state index is 11.3. The van der Waals surface area contributed by atoms with Gasteiger partial charge in [0.25, 0.3) is 0 Å². The lowest BCUT2D eigenvalue weighted by atomic mass is 10.0. The van der Waals surface area contributed by atoms with Gasteiger partial charge in [-0.1, -0.05) is 18.5 Å². The molecule has 0 amide bonds. The molecule has 0 saturated carbocycles. The van der Waals surface area contributed by atoms with Gasteiger partial charge in [-0.05, 0) is 26.8 Å². The number of carboxylic acid groups (broad SMARTS) is 1. The van der Waals surface area contributed by atoms with Crippen molar-refractivity contribution in [3.63, 3.8) is 0 Å². The Morgan fingerprint density at radius 3 is 2.76 bits per heavy atom. The second-order valence-electron chi connectivity index (χ2n) is 4.32.